The molecule has 2 aromatic heterocycles. The first-order valence-electron chi connectivity index (χ1n) is 10.5. The lowest BCUT2D eigenvalue weighted by molar-refractivity contribution is -0.143. The minimum Gasteiger partial charge on any atom is -0.480 e. The van der Waals surface area contributed by atoms with E-state index >= 15 is 0 Å². The highest BCUT2D eigenvalue weighted by molar-refractivity contribution is 6.30. The minimum atomic E-state index is -1.14. The Labute approximate surface area is 197 Å². The van der Waals surface area contributed by atoms with Crippen molar-refractivity contribution in [3.8, 4) is 5.88 Å². The van der Waals surface area contributed by atoms with E-state index in [4.69, 9.17) is 21.1 Å². The summed E-state index contributed by atoms with van der Waals surface area (Å²) in [6.07, 6.45) is -0.547. The average Bonchev–Trinajstić information content (AvgIpc) is 2.71. The number of nitrogens with zero attached hydrogens (tertiary/aromatic N) is 3. The monoisotopic (exact) mass is 484 g/mol. The second kappa shape index (κ2) is 10.4. The lowest BCUT2D eigenvalue weighted by Gasteiger charge is -2.31. The summed E-state index contributed by atoms with van der Waals surface area (Å²) >= 11 is 5.94. The van der Waals surface area contributed by atoms with Gasteiger partial charge in [-0.3, -0.25) is 4.90 Å². The Morgan fingerprint density at radius 2 is 1.88 bits per heavy atom. The van der Waals surface area contributed by atoms with Gasteiger partial charge in [-0.2, -0.15) is 4.98 Å². The Balaban J connectivity index is 2.41. The number of ether oxygens (including phenoxy) is 2. The molecule has 0 bridgehead atoms. The average molecular weight is 485 g/mol. The van der Waals surface area contributed by atoms with Crippen molar-refractivity contribution in [2.24, 2.45) is 0 Å². The quantitative estimate of drug-likeness (QED) is 0.524. The predicted octanol–water partition coefficient (Wildman–Crippen LogP) is 4.56. The summed E-state index contributed by atoms with van der Waals surface area (Å²) in [4.78, 5) is 34.0. The van der Waals surface area contributed by atoms with Crippen LogP contribution in [-0.4, -0.2) is 63.9 Å². The molecule has 9 nitrogen and oxygen atoms in total. The van der Waals surface area contributed by atoms with Crippen molar-refractivity contribution >= 4 is 40.3 Å². The minimum absolute atomic E-state index is 0.00162. The Morgan fingerprint density at radius 1 is 1.24 bits per heavy atom. The van der Waals surface area contributed by atoms with E-state index in [1.807, 2.05) is 0 Å². The molecule has 0 radical (unpaired) electrons. The highest BCUT2D eigenvalue weighted by Crippen LogP contribution is 2.37. The van der Waals surface area contributed by atoms with Gasteiger partial charge in [0.2, 0.25) is 5.88 Å². The number of hydrogen-bond acceptors (Lipinski definition) is 7. The number of aryl methyl sites for hydroxylation is 2. The van der Waals surface area contributed by atoms with Crippen LogP contribution in [-0.2, 0) is 9.53 Å². The fourth-order valence-electron chi connectivity index (χ4n) is 3.37. The summed E-state index contributed by atoms with van der Waals surface area (Å²) in [6.45, 7) is 10.3. The number of carboxylic acid groups (broad SMARTS) is 1. The number of pyridine rings is 2. The molecule has 0 aliphatic carbocycles. The second-order valence-electron chi connectivity index (χ2n) is 8.51. The molecule has 1 amide bonds. The number of aliphatic carboxylic acids is 1. The van der Waals surface area contributed by atoms with E-state index in [9.17, 15) is 19.1 Å². The second-order valence-corrected chi connectivity index (χ2v) is 8.87. The van der Waals surface area contributed by atoms with Gasteiger partial charge in [0, 0.05) is 24.2 Å². The largest absolute Gasteiger partial charge is 0.480 e. The zero-order valence-electron chi connectivity index (χ0n) is 19.9. The highest BCUT2D eigenvalue weighted by Gasteiger charge is 2.31. The molecule has 2 N–H and O–H groups in total. The number of methoxy groups -OCH3 is 1. The molecular formula is C22H30ClFN4O5. The summed E-state index contributed by atoms with van der Waals surface area (Å²) < 4.78 is 25.5. The van der Waals surface area contributed by atoms with Crippen molar-refractivity contribution in [1.29, 1.82) is 0 Å². The molecule has 1 unspecified atom stereocenters. The van der Waals surface area contributed by atoms with Crippen LogP contribution in [0.15, 0.2) is 0 Å². The van der Waals surface area contributed by atoms with Gasteiger partial charge in [0.25, 0.3) is 0 Å². The molecule has 2 rings (SSSR count). The summed E-state index contributed by atoms with van der Waals surface area (Å²) in [5.74, 6) is -1.46. The molecule has 0 saturated heterocycles. The summed E-state index contributed by atoms with van der Waals surface area (Å²) in [5.41, 5.74) is 0.360. The maximum absolute atomic E-state index is 14.8. The van der Waals surface area contributed by atoms with E-state index in [2.05, 4.69) is 15.3 Å². The van der Waals surface area contributed by atoms with E-state index in [0.29, 0.717) is 16.6 Å². The number of carboxylic acids is 1. The van der Waals surface area contributed by atoms with E-state index in [1.165, 1.54) is 7.11 Å². The van der Waals surface area contributed by atoms with Gasteiger partial charge in [-0.05, 0) is 46.6 Å². The number of halogens is 2. The molecule has 1 atom stereocenters. The highest BCUT2D eigenvalue weighted by atomic mass is 35.5. The third kappa shape index (κ3) is 5.93. The molecule has 33 heavy (non-hydrogen) atoms. The smallest absolute Gasteiger partial charge is 0.411 e. The summed E-state index contributed by atoms with van der Waals surface area (Å²) in [7, 11) is 1.39. The first kappa shape index (κ1) is 26.4. The van der Waals surface area contributed by atoms with Gasteiger partial charge in [-0.1, -0.05) is 18.5 Å². The summed E-state index contributed by atoms with van der Waals surface area (Å²) in [6, 6.07) is -1.07. The number of aromatic nitrogens is 2. The lowest BCUT2D eigenvalue weighted by atomic mass is 10.1. The molecule has 0 spiro atoms. The Morgan fingerprint density at radius 3 is 2.39 bits per heavy atom. The third-order valence-electron chi connectivity index (χ3n) is 5.01. The number of hydrogen-bond donors (Lipinski definition) is 2. The van der Waals surface area contributed by atoms with Crippen LogP contribution in [0.25, 0.3) is 10.8 Å². The molecule has 182 valence electrons. The maximum Gasteiger partial charge on any atom is 0.411 e. The van der Waals surface area contributed by atoms with Crippen LogP contribution in [0, 0.1) is 19.7 Å². The molecule has 0 fully saturated rings. The molecule has 0 saturated carbocycles. The van der Waals surface area contributed by atoms with Gasteiger partial charge >= 0.3 is 12.1 Å². The standard InChI is InChI=1S/C22H30ClFN4O5/c1-8-13(20(29)30)28(21(31)33-22(4,5)6)10-9-25-18-15-14(11(2)12(3)26-18)16(24)17(23)27-19(15)32-7/h13H,8-10H2,1-7H3,(H,25,26)(H,29,30). The van der Waals surface area contributed by atoms with Crippen LogP contribution in [0.2, 0.25) is 5.15 Å². The number of amides is 1. The molecular weight excluding hydrogens is 455 g/mol. The molecule has 0 aromatic carbocycles. The van der Waals surface area contributed by atoms with E-state index in [-0.39, 0.29) is 41.7 Å². The van der Waals surface area contributed by atoms with Crippen LogP contribution in [0.1, 0.15) is 45.4 Å². The molecule has 0 aliphatic heterocycles. The lowest BCUT2D eigenvalue weighted by Crippen LogP contribution is -2.48. The molecule has 2 aromatic rings. The Bertz CT molecular complexity index is 1050. The SMILES string of the molecule is CCC(C(=O)O)N(CCNc1nc(C)c(C)c2c(F)c(Cl)nc(OC)c12)C(=O)OC(C)(C)C. The molecule has 0 aliphatic rings. The van der Waals surface area contributed by atoms with Gasteiger partial charge < -0.3 is 19.9 Å². The number of rotatable bonds is 8. The van der Waals surface area contributed by atoms with Crippen molar-refractivity contribution in [3.05, 3.63) is 22.2 Å². The number of nitrogens with one attached hydrogen (secondary N) is 1. The Kier molecular flexibility index (Phi) is 8.29. The van der Waals surface area contributed by atoms with Gasteiger partial charge in [0.05, 0.1) is 12.5 Å². The topological polar surface area (TPSA) is 114 Å². The van der Waals surface area contributed by atoms with Crippen molar-refractivity contribution in [2.45, 2.75) is 59.6 Å². The third-order valence-corrected chi connectivity index (χ3v) is 5.26. The van der Waals surface area contributed by atoms with Crippen LogP contribution < -0.4 is 10.1 Å². The molecule has 2 heterocycles. The van der Waals surface area contributed by atoms with E-state index in [1.54, 1.807) is 41.5 Å². The predicted molar refractivity (Wildman–Crippen MR) is 124 cm³/mol. The van der Waals surface area contributed by atoms with E-state index in [0.717, 1.165) is 4.90 Å². The fraction of sp³-hybridized carbons (Fsp3) is 0.545. The maximum atomic E-state index is 14.8. The van der Waals surface area contributed by atoms with Crippen molar-refractivity contribution in [1.82, 2.24) is 14.9 Å². The van der Waals surface area contributed by atoms with Crippen molar-refractivity contribution < 1.29 is 28.6 Å². The van der Waals surface area contributed by atoms with Crippen molar-refractivity contribution in [3.63, 3.8) is 0 Å². The first-order valence-corrected chi connectivity index (χ1v) is 10.9. The van der Waals surface area contributed by atoms with Gasteiger partial charge in [0.1, 0.15) is 17.5 Å². The van der Waals surface area contributed by atoms with Crippen LogP contribution in [0.5, 0.6) is 5.88 Å². The van der Waals surface area contributed by atoms with Crippen molar-refractivity contribution in [2.75, 3.05) is 25.5 Å². The zero-order valence-corrected chi connectivity index (χ0v) is 20.6. The van der Waals surface area contributed by atoms with Crippen LogP contribution in [0.4, 0.5) is 15.0 Å². The number of carbonyl (C=O) groups excluding carboxylic acids is 1. The Hall–Kier alpha value is -2.88. The van der Waals surface area contributed by atoms with Crippen LogP contribution >= 0.6 is 11.6 Å². The number of anilines is 1. The summed E-state index contributed by atoms with van der Waals surface area (Å²) in [5, 5.41) is 12.8. The van der Waals surface area contributed by atoms with E-state index < -0.39 is 29.5 Å². The number of fused-ring (bicyclic) bond motifs is 1. The van der Waals surface area contributed by atoms with Gasteiger partial charge in [0.15, 0.2) is 11.0 Å². The van der Waals surface area contributed by atoms with Gasteiger partial charge in [-0.15, -0.1) is 0 Å². The number of carbonyl (C=O) groups is 2. The molecule has 11 heteroatoms. The van der Waals surface area contributed by atoms with Crippen LogP contribution in [0.3, 0.4) is 0 Å². The fourth-order valence-corrected chi connectivity index (χ4v) is 3.54. The zero-order chi connectivity index (χ0) is 25.1. The normalized spacial score (nSPS) is 12.4. The first-order chi connectivity index (χ1) is 15.3. The van der Waals surface area contributed by atoms with Gasteiger partial charge in [-0.25, -0.2) is 19.0 Å².